The predicted octanol–water partition coefficient (Wildman–Crippen LogP) is 3.90. The van der Waals surface area contributed by atoms with E-state index >= 15 is 0 Å². The van der Waals surface area contributed by atoms with Crippen molar-refractivity contribution in [2.75, 3.05) is 7.11 Å². The van der Waals surface area contributed by atoms with Crippen LogP contribution >= 0.6 is 11.6 Å². The fourth-order valence-electron chi connectivity index (χ4n) is 2.05. The highest BCUT2D eigenvalue weighted by Crippen LogP contribution is 2.29. The molecule has 2 aromatic carbocycles. The van der Waals surface area contributed by atoms with E-state index in [2.05, 4.69) is 0 Å². The van der Waals surface area contributed by atoms with Gasteiger partial charge in [0.25, 0.3) is 0 Å². The SMILES string of the molecule is COc1ccc(Cl)cc1CC(O)c1c(F)cccc1F. The number of rotatable bonds is 4. The summed E-state index contributed by atoms with van der Waals surface area (Å²) in [5.74, 6) is -1.05. The summed E-state index contributed by atoms with van der Waals surface area (Å²) in [6.45, 7) is 0. The van der Waals surface area contributed by atoms with Gasteiger partial charge in [0.2, 0.25) is 0 Å². The molecule has 1 N–H and O–H groups in total. The van der Waals surface area contributed by atoms with Crippen LogP contribution in [0.2, 0.25) is 5.02 Å². The highest BCUT2D eigenvalue weighted by Gasteiger charge is 2.19. The first kappa shape index (κ1) is 14.8. The molecule has 20 heavy (non-hydrogen) atoms. The summed E-state index contributed by atoms with van der Waals surface area (Å²) in [4.78, 5) is 0. The molecule has 0 aliphatic heterocycles. The van der Waals surface area contributed by atoms with Crippen LogP contribution in [0.5, 0.6) is 5.75 Å². The van der Waals surface area contributed by atoms with Crippen molar-refractivity contribution >= 4 is 11.6 Å². The van der Waals surface area contributed by atoms with E-state index in [1.54, 1.807) is 18.2 Å². The Balaban J connectivity index is 2.32. The second kappa shape index (κ2) is 6.20. The fraction of sp³-hybridized carbons (Fsp3) is 0.200. The molecule has 0 bridgehead atoms. The molecule has 0 saturated heterocycles. The number of hydrogen-bond donors (Lipinski definition) is 1. The van der Waals surface area contributed by atoms with Crippen molar-refractivity contribution in [2.24, 2.45) is 0 Å². The van der Waals surface area contributed by atoms with Gasteiger partial charge in [-0.05, 0) is 35.9 Å². The summed E-state index contributed by atoms with van der Waals surface area (Å²) in [6.07, 6.45) is -1.31. The van der Waals surface area contributed by atoms with Gasteiger partial charge >= 0.3 is 0 Å². The molecule has 5 heteroatoms. The summed E-state index contributed by atoms with van der Waals surface area (Å²) in [7, 11) is 1.48. The minimum atomic E-state index is -1.32. The first-order valence-electron chi connectivity index (χ1n) is 5.97. The van der Waals surface area contributed by atoms with E-state index in [0.717, 1.165) is 12.1 Å². The maximum absolute atomic E-state index is 13.6. The molecule has 1 unspecified atom stereocenters. The molecule has 2 nitrogen and oxygen atoms in total. The second-order valence-electron chi connectivity index (χ2n) is 4.31. The monoisotopic (exact) mass is 298 g/mol. The zero-order valence-corrected chi connectivity index (χ0v) is 11.5. The van der Waals surface area contributed by atoms with Gasteiger partial charge in [-0.2, -0.15) is 0 Å². The van der Waals surface area contributed by atoms with Crippen molar-refractivity contribution in [2.45, 2.75) is 12.5 Å². The minimum absolute atomic E-state index is 0.00157. The Bertz CT molecular complexity index is 597. The lowest BCUT2D eigenvalue weighted by Gasteiger charge is -2.15. The molecule has 0 spiro atoms. The van der Waals surface area contributed by atoms with Crippen LogP contribution in [-0.2, 0) is 6.42 Å². The zero-order chi connectivity index (χ0) is 14.7. The van der Waals surface area contributed by atoms with Crippen molar-refractivity contribution in [1.82, 2.24) is 0 Å². The predicted molar refractivity (Wildman–Crippen MR) is 73.0 cm³/mol. The Kier molecular flexibility index (Phi) is 4.57. The first-order chi connectivity index (χ1) is 9.52. The topological polar surface area (TPSA) is 29.5 Å². The number of ether oxygens (including phenoxy) is 1. The van der Waals surface area contributed by atoms with Gasteiger partial charge in [0.15, 0.2) is 0 Å². The summed E-state index contributed by atoms with van der Waals surface area (Å²) >= 11 is 5.88. The Morgan fingerprint density at radius 3 is 2.45 bits per heavy atom. The van der Waals surface area contributed by atoms with E-state index in [1.165, 1.54) is 13.2 Å². The maximum Gasteiger partial charge on any atom is 0.131 e. The summed E-state index contributed by atoms with van der Waals surface area (Å²) in [5.41, 5.74) is 0.227. The van der Waals surface area contributed by atoms with E-state index in [4.69, 9.17) is 16.3 Å². The quantitative estimate of drug-likeness (QED) is 0.927. The summed E-state index contributed by atoms with van der Waals surface area (Å²) < 4.78 is 32.4. The second-order valence-corrected chi connectivity index (χ2v) is 4.75. The Labute approximate surface area is 120 Å². The van der Waals surface area contributed by atoms with Gasteiger partial charge in [-0.3, -0.25) is 0 Å². The van der Waals surface area contributed by atoms with E-state index in [-0.39, 0.29) is 12.0 Å². The van der Waals surface area contributed by atoms with Gasteiger partial charge in [-0.15, -0.1) is 0 Å². The first-order valence-corrected chi connectivity index (χ1v) is 6.35. The zero-order valence-electron chi connectivity index (χ0n) is 10.7. The van der Waals surface area contributed by atoms with Crippen molar-refractivity contribution in [3.05, 3.63) is 64.2 Å². The third-order valence-corrected chi connectivity index (χ3v) is 3.22. The van der Waals surface area contributed by atoms with Gasteiger partial charge in [-0.25, -0.2) is 8.78 Å². The van der Waals surface area contributed by atoms with Crippen molar-refractivity contribution < 1.29 is 18.6 Å². The third-order valence-electron chi connectivity index (χ3n) is 2.99. The molecule has 2 aromatic rings. The molecule has 0 aliphatic rings. The van der Waals surface area contributed by atoms with Crippen LogP contribution < -0.4 is 4.74 Å². The smallest absolute Gasteiger partial charge is 0.131 e. The highest BCUT2D eigenvalue weighted by atomic mass is 35.5. The lowest BCUT2D eigenvalue weighted by atomic mass is 10.00. The van der Waals surface area contributed by atoms with Crippen LogP contribution in [-0.4, -0.2) is 12.2 Å². The van der Waals surface area contributed by atoms with Crippen LogP contribution in [0.1, 0.15) is 17.2 Å². The number of methoxy groups -OCH3 is 1. The van der Waals surface area contributed by atoms with Crippen LogP contribution in [0.4, 0.5) is 8.78 Å². The Morgan fingerprint density at radius 1 is 1.20 bits per heavy atom. The van der Waals surface area contributed by atoms with Crippen LogP contribution in [0, 0.1) is 11.6 Å². The van der Waals surface area contributed by atoms with Gasteiger partial charge in [-0.1, -0.05) is 17.7 Å². The van der Waals surface area contributed by atoms with E-state index in [9.17, 15) is 13.9 Å². The molecule has 0 radical (unpaired) electrons. The van der Waals surface area contributed by atoms with E-state index in [1.807, 2.05) is 0 Å². The largest absolute Gasteiger partial charge is 0.496 e. The maximum atomic E-state index is 13.6. The summed E-state index contributed by atoms with van der Waals surface area (Å²) in [6, 6.07) is 8.35. The molecular formula is C15H13ClF2O2. The average Bonchev–Trinajstić information content (AvgIpc) is 2.38. The van der Waals surface area contributed by atoms with Gasteiger partial charge in [0, 0.05) is 11.4 Å². The number of aliphatic hydroxyl groups excluding tert-OH is 1. The molecule has 0 fully saturated rings. The van der Waals surface area contributed by atoms with Gasteiger partial charge < -0.3 is 9.84 Å². The van der Waals surface area contributed by atoms with Crippen LogP contribution in [0.25, 0.3) is 0 Å². The highest BCUT2D eigenvalue weighted by molar-refractivity contribution is 6.30. The van der Waals surface area contributed by atoms with Gasteiger partial charge in [0.05, 0.1) is 18.8 Å². The number of benzene rings is 2. The van der Waals surface area contributed by atoms with Crippen molar-refractivity contribution in [3.8, 4) is 5.75 Å². The molecule has 0 amide bonds. The molecule has 0 aliphatic carbocycles. The Morgan fingerprint density at radius 2 is 1.85 bits per heavy atom. The van der Waals surface area contributed by atoms with Crippen molar-refractivity contribution in [3.63, 3.8) is 0 Å². The molecule has 2 rings (SSSR count). The number of hydrogen-bond acceptors (Lipinski definition) is 2. The van der Waals surface area contributed by atoms with Crippen LogP contribution in [0.15, 0.2) is 36.4 Å². The van der Waals surface area contributed by atoms with Crippen LogP contribution in [0.3, 0.4) is 0 Å². The lowest BCUT2D eigenvalue weighted by Crippen LogP contribution is -2.08. The minimum Gasteiger partial charge on any atom is -0.496 e. The average molecular weight is 299 g/mol. The number of aliphatic hydroxyl groups is 1. The van der Waals surface area contributed by atoms with E-state index < -0.39 is 17.7 Å². The molecular weight excluding hydrogens is 286 g/mol. The third kappa shape index (κ3) is 3.08. The molecule has 0 heterocycles. The normalized spacial score (nSPS) is 12.2. The molecule has 106 valence electrons. The van der Waals surface area contributed by atoms with Gasteiger partial charge in [0.1, 0.15) is 17.4 Å². The van der Waals surface area contributed by atoms with E-state index in [0.29, 0.717) is 16.3 Å². The lowest BCUT2D eigenvalue weighted by molar-refractivity contribution is 0.167. The molecule has 0 saturated carbocycles. The fourth-order valence-corrected chi connectivity index (χ4v) is 2.24. The molecule has 0 aromatic heterocycles. The Hall–Kier alpha value is -1.65. The van der Waals surface area contributed by atoms with Crippen molar-refractivity contribution in [1.29, 1.82) is 0 Å². The standard InChI is InChI=1S/C15H13ClF2O2/c1-20-14-6-5-10(16)7-9(14)8-13(19)15-11(17)3-2-4-12(15)18/h2-7,13,19H,8H2,1H3. The summed E-state index contributed by atoms with van der Waals surface area (Å²) in [5, 5.41) is 10.5. The molecule has 1 atom stereocenters. The number of halogens is 3.